The van der Waals surface area contributed by atoms with Crippen LogP contribution in [0.4, 0.5) is 0 Å². The highest BCUT2D eigenvalue weighted by Gasteiger charge is 2.19. The number of aryl methyl sites for hydroxylation is 1. The first-order valence-corrected chi connectivity index (χ1v) is 4.17. The molecule has 1 aromatic heterocycles. The molecule has 60 valence electrons. The first kappa shape index (κ1) is 6.92. The monoisotopic (exact) mass is 151 g/mol. The van der Waals surface area contributed by atoms with E-state index in [1.807, 2.05) is 12.5 Å². The molecule has 0 bridgehead atoms. The molecule has 0 spiro atoms. The molecule has 1 aliphatic rings. The standard InChI is InChI=1S/C9H13NO/c10-4-7-2-1-3-8-5-11-6-9(7)8/h5-7H,1-4,10H2. The van der Waals surface area contributed by atoms with Gasteiger partial charge in [0.05, 0.1) is 12.5 Å². The molecule has 0 saturated carbocycles. The van der Waals surface area contributed by atoms with Gasteiger partial charge in [-0.3, -0.25) is 0 Å². The summed E-state index contributed by atoms with van der Waals surface area (Å²) in [6.07, 6.45) is 7.36. The first-order chi connectivity index (χ1) is 5.42. The second-order valence-electron chi connectivity index (χ2n) is 3.18. The van der Waals surface area contributed by atoms with Gasteiger partial charge in [-0.1, -0.05) is 0 Å². The fraction of sp³-hybridized carbons (Fsp3) is 0.556. The van der Waals surface area contributed by atoms with Crippen molar-refractivity contribution < 1.29 is 4.42 Å². The van der Waals surface area contributed by atoms with E-state index >= 15 is 0 Å². The maximum atomic E-state index is 5.64. The second kappa shape index (κ2) is 2.70. The molecule has 2 rings (SSSR count). The molecule has 0 aromatic carbocycles. The molecule has 0 amide bonds. The molecule has 1 aromatic rings. The van der Waals surface area contributed by atoms with Crippen LogP contribution in [0.5, 0.6) is 0 Å². The smallest absolute Gasteiger partial charge is 0.0940 e. The van der Waals surface area contributed by atoms with Crippen molar-refractivity contribution in [2.24, 2.45) is 5.73 Å². The van der Waals surface area contributed by atoms with Gasteiger partial charge < -0.3 is 10.2 Å². The highest BCUT2D eigenvalue weighted by molar-refractivity contribution is 5.27. The van der Waals surface area contributed by atoms with Crippen molar-refractivity contribution in [1.82, 2.24) is 0 Å². The highest BCUT2D eigenvalue weighted by Crippen LogP contribution is 2.31. The summed E-state index contributed by atoms with van der Waals surface area (Å²) in [5, 5.41) is 0. The lowest BCUT2D eigenvalue weighted by Crippen LogP contribution is -2.16. The van der Waals surface area contributed by atoms with Crippen molar-refractivity contribution in [3.8, 4) is 0 Å². The zero-order valence-corrected chi connectivity index (χ0v) is 6.55. The molecule has 0 aliphatic heterocycles. The third kappa shape index (κ3) is 1.07. The second-order valence-corrected chi connectivity index (χ2v) is 3.18. The molecule has 0 fully saturated rings. The van der Waals surface area contributed by atoms with Crippen LogP contribution in [0.25, 0.3) is 0 Å². The Kier molecular flexibility index (Phi) is 1.70. The first-order valence-electron chi connectivity index (χ1n) is 4.17. The summed E-state index contributed by atoms with van der Waals surface area (Å²) in [7, 11) is 0. The van der Waals surface area contributed by atoms with Crippen molar-refractivity contribution in [3.05, 3.63) is 23.7 Å². The van der Waals surface area contributed by atoms with Crippen LogP contribution < -0.4 is 5.73 Å². The van der Waals surface area contributed by atoms with Crippen LogP contribution in [-0.2, 0) is 6.42 Å². The third-order valence-corrected chi connectivity index (χ3v) is 2.50. The van der Waals surface area contributed by atoms with E-state index in [0.29, 0.717) is 5.92 Å². The molecule has 1 aliphatic carbocycles. The fourth-order valence-electron chi connectivity index (χ4n) is 1.83. The topological polar surface area (TPSA) is 39.2 Å². The Balaban J connectivity index is 2.32. The predicted molar refractivity (Wildman–Crippen MR) is 43.4 cm³/mol. The number of hydrogen-bond acceptors (Lipinski definition) is 2. The Morgan fingerprint density at radius 2 is 2.45 bits per heavy atom. The van der Waals surface area contributed by atoms with E-state index in [1.54, 1.807) is 0 Å². The minimum Gasteiger partial charge on any atom is -0.472 e. The molecule has 1 heterocycles. The highest BCUT2D eigenvalue weighted by atomic mass is 16.3. The van der Waals surface area contributed by atoms with E-state index in [-0.39, 0.29) is 0 Å². The molecule has 11 heavy (non-hydrogen) atoms. The summed E-state index contributed by atoms with van der Waals surface area (Å²) in [4.78, 5) is 0. The number of rotatable bonds is 1. The average Bonchev–Trinajstić information content (AvgIpc) is 2.50. The van der Waals surface area contributed by atoms with Gasteiger partial charge in [-0.2, -0.15) is 0 Å². The van der Waals surface area contributed by atoms with Gasteiger partial charge in [0.15, 0.2) is 0 Å². The van der Waals surface area contributed by atoms with Crippen molar-refractivity contribution in [2.45, 2.75) is 25.2 Å². The zero-order chi connectivity index (χ0) is 7.68. The van der Waals surface area contributed by atoms with E-state index in [1.165, 1.54) is 30.4 Å². The Hall–Kier alpha value is -0.760. The Morgan fingerprint density at radius 3 is 3.27 bits per heavy atom. The Bertz CT molecular complexity index is 241. The largest absolute Gasteiger partial charge is 0.472 e. The zero-order valence-electron chi connectivity index (χ0n) is 6.55. The normalized spacial score (nSPS) is 23.2. The molecule has 0 radical (unpaired) electrons. The Labute approximate surface area is 66.4 Å². The number of hydrogen-bond donors (Lipinski definition) is 1. The van der Waals surface area contributed by atoms with Gasteiger partial charge in [0.1, 0.15) is 0 Å². The van der Waals surface area contributed by atoms with Crippen LogP contribution in [-0.4, -0.2) is 6.54 Å². The summed E-state index contributed by atoms with van der Waals surface area (Å²) >= 11 is 0. The molecule has 1 unspecified atom stereocenters. The molecule has 2 heteroatoms. The fourth-order valence-corrected chi connectivity index (χ4v) is 1.83. The van der Waals surface area contributed by atoms with Crippen LogP contribution in [0.3, 0.4) is 0 Å². The minimum absolute atomic E-state index is 0.553. The Morgan fingerprint density at radius 1 is 1.55 bits per heavy atom. The minimum atomic E-state index is 0.553. The lowest BCUT2D eigenvalue weighted by Gasteiger charge is -2.19. The molecule has 1 atom stereocenters. The summed E-state index contributed by atoms with van der Waals surface area (Å²) in [6.45, 7) is 0.756. The maximum absolute atomic E-state index is 5.64. The van der Waals surface area contributed by atoms with Crippen molar-refractivity contribution >= 4 is 0 Å². The van der Waals surface area contributed by atoms with E-state index in [9.17, 15) is 0 Å². The summed E-state index contributed by atoms with van der Waals surface area (Å²) < 4.78 is 5.14. The quantitative estimate of drug-likeness (QED) is 0.663. The van der Waals surface area contributed by atoms with Crippen molar-refractivity contribution in [2.75, 3.05) is 6.54 Å². The van der Waals surface area contributed by atoms with Crippen LogP contribution in [0.1, 0.15) is 29.9 Å². The lowest BCUT2D eigenvalue weighted by atomic mass is 9.86. The van der Waals surface area contributed by atoms with Crippen LogP contribution in [0, 0.1) is 0 Å². The third-order valence-electron chi connectivity index (χ3n) is 2.50. The van der Waals surface area contributed by atoms with Crippen molar-refractivity contribution in [3.63, 3.8) is 0 Å². The van der Waals surface area contributed by atoms with Crippen LogP contribution in [0.2, 0.25) is 0 Å². The van der Waals surface area contributed by atoms with Gasteiger partial charge >= 0.3 is 0 Å². The van der Waals surface area contributed by atoms with E-state index in [2.05, 4.69) is 0 Å². The van der Waals surface area contributed by atoms with E-state index in [4.69, 9.17) is 10.2 Å². The van der Waals surface area contributed by atoms with Gasteiger partial charge in [0.25, 0.3) is 0 Å². The predicted octanol–water partition coefficient (Wildman–Crippen LogP) is 1.66. The molecule has 2 nitrogen and oxygen atoms in total. The van der Waals surface area contributed by atoms with Crippen LogP contribution in [0.15, 0.2) is 16.9 Å². The van der Waals surface area contributed by atoms with Crippen LogP contribution >= 0.6 is 0 Å². The van der Waals surface area contributed by atoms with Gasteiger partial charge in [-0.05, 0) is 42.9 Å². The maximum Gasteiger partial charge on any atom is 0.0940 e. The summed E-state index contributed by atoms with van der Waals surface area (Å²) in [5.74, 6) is 0.553. The van der Waals surface area contributed by atoms with Gasteiger partial charge in [-0.25, -0.2) is 0 Å². The lowest BCUT2D eigenvalue weighted by molar-refractivity contribution is 0.550. The van der Waals surface area contributed by atoms with Gasteiger partial charge in [0, 0.05) is 0 Å². The molecular weight excluding hydrogens is 138 g/mol. The SMILES string of the molecule is NCC1CCCc2cocc21. The molecular formula is C9H13NO. The summed E-state index contributed by atoms with van der Waals surface area (Å²) in [6, 6.07) is 0. The van der Waals surface area contributed by atoms with E-state index in [0.717, 1.165) is 6.54 Å². The summed E-state index contributed by atoms with van der Waals surface area (Å²) in [5.41, 5.74) is 8.35. The number of fused-ring (bicyclic) bond motifs is 1. The molecule has 2 N–H and O–H groups in total. The molecule has 0 saturated heterocycles. The number of furan rings is 1. The van der Waals surface area contributed by atoms with Crippen molar-refractivity contribution in [1.29, 1.82) is 0 Å². The van der Waals surface area contributed by atoms with Gasteiger partial charge in [0.2, 0.25) is 0 Å². The average molecular weight is 151 g/mol. The number of nitrogens with two attached hydrogens (primary N) is 1. The van der Waals surface area contributed by atoms with Gasteiger partial charge in [-0.15, -0.1) is 0 Å². The van der Waals surface area contributed by atoms with E-state index < -0.39 is 0 Å².